The number of nitrogens with one attached hydrogen (secondary N) is 1. The van der Waals surface area contributed by atoms with Crippen LogP contribution in [0.15, 0.2) is 24.3 Å². The van der Waals surface area contributed by atoms with Crippen LogP contribution in [0.2, 0.25) is 5.02 Å². The Kier molecular flexibility index (Phi) is 7.96. The zero-order valence-electron chi connectivity index (χ0n) is 13.6. The van der Waals surface area contributed by atoms with Crippen molar-refractivity contribution in [2.24, 2.45) is 0 Å². The third kappa shape index (κ3) is 5.68. The number of hydrogen-bond donors (Lipinski definition) is 1. The Morgan fingerprint density at radius 3 is 2.64 bits per heavy atom. The minimum absolute atomic E-state index is 0.0434. The van der Waals surface area contributed by atoms with Gasteiger partial charge in [0.1, 0.15) is 6.04 Å². The predicted molar refractivity (Wildman–Crippen MR) is 89.7 cm³/mol. The Bertz CT molecular complexity index is 505. The standard InChI is InChI=1S/C17H25ClN2O2/c1-4-6-10-19-17(22)13(3)20(16(21)5-2)12-14-8-7-9-15(18)11-14/h7-9,11,13H,4-6,10,12H2,1-3H3,(H,19,22)/t13-/m0/s1. The molecule has 0 saturated carbocycles. The molecule has 0 saturated heterocycles. The molecule has 0 fully saturated rings. The first-order valence-electron chi connectivity index (χ1n) is 7.81. The summed E-state index contributed by atoms with van der Waals surface area (Å²) in [6, 6.07) is 6.86. The first-order chi connectivity index (χ1) is 10.5. The van der Waals surface area contributed by atoms with Crippen LogP contribution >= 0.6 is 11.6 Å². The SMILES string of the molecule is CCCCNC(=O)[C@H](C)N(Cc1cccc(Cl)c1)C(=O)CC. The maximum absolute atomic E-state index is 12.2. The Hall–Kier alpha value is -1.55. The van der Waals surface area contributed by atoms with E-state index in [9.17, 15) is 9.59 Å². The summed E-state index contributed by atoms with van der Waals surface area (Å²) in [7, 11) is 0. The Morgan fingerprint density at radius 1 is 1.32 bits per heavy atom. The maximum atomic E-state index is 12.2. The summed E-state index contributed by atoms with van der Waals surface area (Å²) in [4.78, 5) is 26.0. The van der Waals surface area contributed by atoms with Gasteiger partial charge < -0.3 is 10.2 Å². The van der Waals surface area contributed by atoms with Crippen LogP contribution in [0.4, 0.5) is 0 Å². The molecule has 0 unspecified atom stereocenters. The summed E-state index contributed by atoms with van der Waals surface area (Å²) < 4.78 is 0. The number of nitrogens with zero attached hydrogens (tertiary/aromatic N) is 1. The average Bonchev–Trinajstić information content (AvgIpc) is 2.51. The number of hydrogen-bond acceptors (Lipinski definition) is 2. The molecule has 5 heteroatoms. The molecular formula is C17H25ClN2O2. The van der Waals surface area contributed by atoms with Crippen molar-refractivity contribution in [1.29, 1.82) is 0 Å². The van der Waals surface area contributed by atoms with Gasteiger partial charge in [0.05, 0.1) is 0 Å². The van der Waals surface area contributed by atoms with Gasteiger partial charge in [-0.15, -0.1) is 0 Å². The van der Waals surface area contributed by atoms with Gasteiger partial charge in [0.15, 0.2) is 0 Å². The van der Waals surface area contributed by atoms with Gasteiger partial charge in [-0.3, -0.25) is 9.59 Å². The van der Waals surface area contributed by atoms with Crippen LogP contribution in [0.25, 0.3) is 0 Å². The predicted octanol–water partition coefficient (Wildman–Crippen LogP) is 3.38. The summed E-state index contributed by atoms with van der Waals surface area (Å²) in [6.45, 7) is 6.66. The fraction of sp³-hybridized carbons (Fsp3) is 0.529. The van der Waals surface area contributed by atoms with Crippen LogP contribution in [0.5, 0.6) is 0 Å². The molecule has 0 heterocycles. The van der Waals surface area contributed by atoms with Gasteiger partial charge >= 0.3 is 0 Å². The number of amides is 2. The van der Waals surface area contributed by atoms with E-state index in [0.717, 1.165) is 18.4 Å². The first kappa shape index (κ1) is 18.5. The molecule has 1 rings (SSSR count). The van der Waals surface area contributed by atoms with Gasteiger partial charge in [-0.05, 0) is 31.0 Å². The summed E-state index contributed by atoms with van der Waals surface area (Å²) in [6.07, 6.45) is 2.33. The van der Waals surface area contributed by atoms with Crippen LogP contribution in [0.1, 0.15) is 45.6 Å². The van der Waals surface area contributed by atoms with E-state index < -0.39 is 6.04 Å². The summed E-state index contributed by atoms with van der Waals surface area (Å²) in [5.74, 6) is -0.157. The summed E-state index contributed by atoms with van der Waals surface area (Å²) in [5.41, 5.74) is 0.919. The molecule has 2 amide bonds. The summed E-state index contributed by atoms with van der Waals surface area (Å²) in [5, 5.41) is 3.51. The lowest BCUT2D eigenvalue weighted by Gasteiger charge is -2.28. The quantitative estimate of drug-likeness (QED) is 0.745. The number of carbonyl (C=O) groups is 2. The molecule has 0 bridgehead atoms. The molecule has 0 aliphatic heterocycles. The van der Waals surface area contributed by atoms with Gasteiger partial charge in [0.25, 0.3) is 0 Å². The van der Waals surface area contributed by atoms with Gasteiger partial charge in [-0.1, -0.05) is 44.0 Å². The van der Waals surface area contributed by atoms with E-state index in [0.29, 0.717) is 24.5 Å². The Balaban J connectivity index is 2.79. The lowest BCUT2D eigenvalue weighted by Crippen LogP contribution is -2.47. The number of benzene rings is 1. The van der Waals surface area contributed by atoms with Crippen molar-refractivity contribution in [3.05, 3.63) is 34.9 Å². The van der Waals surface area contributed by atoms with Crippen LogP contribution in [-0.4, -0.2) is 29.3 Å². The van der Waals surface area contributed by atoms with Crippen molar-refractivity contribution >= 4 is 23.4 Å². The first-order valence-corrected chi connectivity index (χ1v) is 8.19. The van der Waals surface area contributed by atoms with E-state index in [4.69, 9.17) is 11.6 Å². The number of halogens is 1. The molecule has 0 aliphatic carbocycles. The number of unbranched alkanes of at least 4 members (excludes halogenated alkanes) is 1. The molecule has 1 N–H and O–H groups in total. The molecule has 22 heavy (non-hydrogen) atoms. The topological polar surface area (TPSA) is 49.4 Å². The molecule has 0 aromatic heterocycles. The largest absolute Gasteiger partial charge is 0.354 e. The average molecular weight is 325 g/mol. The highest BCUT2D eigenvalue weighted by Crippen LogP contribution is 2.15. The maximum Gasteiger partial charge on any atom is 0.242 e. The monoisotopic (exact) mass is 324 g/mol. The zero-order chi connectivity index (χ0) is 16.5. The van der Waals surface area contributed by atoms with Crippen LogP contribution in [0, 0.1) is 0 Å². The second-order valence-electron chi connectivity index (χ2n) is 5.33. The Labute approximate surface area is 137 Å². The lowest BCUT2D eigenvalue weighted by atomic mass is 10.1. The third-order valence-electron chi connectivity index (χ3n) is 3.54. The molecule has 1 aromatic carbocycles. The van der Waals surface area contributed by atoms with Gasteiger partial charge in [-0.25, -0.2) is 0 Å². The molecule has 1 aromatic rings. The van der Waals surface area contributed by atoms with Crippen molar-refractivity contribution in [2.45, 2.75) is 52.6 Å². The van der Waals surface area contributed by atoms with Gasteiger partial charge in [-0.2, -0.15) is 0 Å². The second-order valence-corrected chi connectivity index (χ2v) is 5.76. The minimum atomic E-state index is -0.497. The molecular weight excluding hydrogens is 300 g/mol. The smallest absolute Gasteiger partial charge is 0.242 e. The Morgan fingerprint density at radius 2 is 2.05 bits per heavy atom. The third-order valence-corrected chi connectivity index (χ3v) is 3.78. The molecule has 0 radical (unpaired) electrons. The van der Waals surface area contributed by atoms with Crippen molar-refractivity contribution in [3.63, 3.8) is 0 Å². The van der Waals surface area contributed by atoms with Crippen LogP contribution in [-0.2, 0) is 16.1 Å². The van der Waals surface area contributed by atoms with E-state index in [-0.39, 0.29) is 11.8 Å². The highest BCUT2D eigenvalue weighted by molar-refractivity contribution is 6.30. The highest BCUT2D eigenvalue weighted by Gasteiger charge is 2.24. The van der Waals surface area contributed by atoms with E-state index in [1.165, 1.54) is 0 Å². The highest BCUT2D eigenvalue weighted by atomic mass is 35.5. The zero-order valence-corrected chi connectivity index (χ0v) is 14.3. The van der Waals surface area contributed by atoms with Crippen molar-refractivity contribution in [3.8, 4) is 0 Å². The molecule has 1 atom stereocenters. The number of carbonyl (C=O) groups excluding carboxylic acids is 2. The lowest BCUT2D eigenvalue weighted by molar-refractivity contribution is -0.140. The molecule has 0 spiro atoms. The van der Waals surface area contributed by atoms with E-state index >= 15 is 0 Å². The van der Waals surface area contributed by atoms with E-state index in [1.807, 2.05) is 18.2 Å². The molecule has 122 valence electrons. The minimum Gasteiger partial charge on any atom is -0.354 e. The van der Waals surface area contributed by atoms with Crippen LogP contribution < -0.4 is 5.32 Å². The van der Waals surface area contributed by atoms with Crippen molar-refractivity contribution < 1.29 is 9.59 Å². The number of rotatable bonds is 8. The van der Waals surface area contributed by atoms with Crippen molar-refractivity contribution in [2.75, 3.05) is 6.54 Å². The molecule has 0 aliphatic rings. The van der Waals surface area contributed by atoms with Crippen molar-refractivity contribution in [1.82, 2.24) is 10.2 Å². The summed E-state index contributed by atoms with van der Waals surface area (Å²) >= 11 is 5.99. The fourth-order valence-electron chi connectivity index (χ4n) is 2.15. The van der Waals surface area contributed by atoms with E-state index in [1.54, 1.807) is 24.8 Å². The molecule has 4 nitrogen and oxygen atoms in total. The van der Waals surface area contributed by atoms with E-state index in [2.05, 4.69) is 12.2 Å². The van der Waals surface area contributed by atoms with Gasteiger partial charge in [0, 0.05) is 24.5 Å². The normalized spacial score (nSPS) is 11.8. The fourth-order valence-corrected chi connectivity index (χ4v) is 2.37. The van der Waals surface area contributed by atoms with Gasteiger partial charge in [0.2, 0.25) is 11.8 Å². The second kappa shape index (κ2) is 9.46. The van der Waals surface area contributed by atoms with Crippen LogP contribution in [0.3, 0.4) is 0 Å².